The highest BCUT2D eigenvalue weighted by Gasteiger charge is 2.16. The van der Waals surface area contributed by atoms with Gasteiger partial charge in [0.05, 0.1) is 5.39 Å². The van der Waals surface area contributed by atoms with Gasteiger partial charge in [0.2, 0.25) is 5.91 Å². The van der Waals surface area contributed by atoms with Crippen molar-refractivity contribution in [3.8, 4) is 5.82 Å². The van der Waals surface area contributed by atoms with Crippen molar-refractivity contribution in [3.63, 3.8) is 0 Å². The molecule has 0 spiro atoms. The van der Waals surface area contributed by atoms with E-state index in [4.69, 9.17) is 10.1 Å². The second kappa shape index (κ2) is 8.76. The summed E-state index contributed by atoms with van der Waals surface area (Å²) in [5, 5.41) is 8.87. The van der Waals surface area contributed by atoms with Crippen molar-refractivity contribution in [2.45, 2.75) is 53.0 Å². The van der Waals surface area contributed by atoms with Crippen molar-refractivity contribution in [3.05, 3.63) is 71.7 Å². The molecule has 0 saturated carbocycles. The highest BCUT2D eigenvalue weighted by Crippen LogP contribution is 2.25. The van der Waals surface area contributed by atoms with Gasteiger partial charge in [0.15, 0.2) is 11.5 Å². The molecule has 6 heteroatoms. The lowest BCUT2D eigenvalue weighted by atomic mass is 10.0. The number of amides is 1. The van der Waals surface area contributed by atoms with E-state index in [1.54, 1.807) is 0 Å². The Kier molecular flexibility index (Phi) is 5.89. The third-order valence-electron chi connectivity index (χ3n) is 5.49. The molecule has 0 fully saturated rings. The Balaban J connectivity index is 1.46. The van der Waals surface area contributed by atoms with Crippen LogP contribution in [0.25, 0.3) is 16.9 Å². The van der Waals surface area contributed by atoms with Crippen molar-refractivity contribution >= 4 is 22.6 Å². The molecule has 4 rings (SSSR count). The van der Waals surface area contributed by atoms with E-state index in [0.29, 0.717) is 25.3 Å². The van der Waals surface area contributed by atoms with Crippen LogP contribution >= 0.6 is 0 Å². The number of anilines is 1. The highest BCUT2D eigenvalue weighted by molar-refractivity contribution is 5.90. The van der Waals surface area contributed by atoms with E-state index >= 15 is 0 Å². The van der Waals surface area contributed by atoms with Crippen LogP contribution in [0.3, 0.4) is 0 Å². The number of hydrogen-bond acceptors (Lipinski definition) is 3. The van der Waals surface area contributed by atoms with Crippen LogP contribution in [0.1, 0.15) is 49.4 Å². The fourth-order valence-corrected chi connectivity index (χ4v) is 3.87. The van der Waals surface area contributed by atoms with Crippen molar-refractivity contribution in [1.29, 1.82) is 0 Å². The van der Waals surface area contributed by atoms with Crippen LogP contribution in [0.2, 0.25) is 0 Å². The summed E-state index contributed by atoms with van der Waals surface area (Å²) in [5.74, 6) is 1.37. The Morgan fingerprint density at radius 2 is 1.81 bits per heavy atom. The van der Waals surface area contributed by atoms with E-state index in [1.807, 2.05) is 52.8 Å². The minimum absolute atomic E-state index is 0.0136. The largest absolute Gasteiger partial charge is 0.326 e. The molecular formula is C25H29N5O. The molecule has 0 atom stereocenters. The van der Waals surface area contributed by atoms with Crippen LogP contribution in [-0.4, -0.2) is 25.2 Å². The predicted molar refractivity (Wildman–Crippen MR) is 125 cm³/mol. The number of nitrogens with zero attached hydrogens (tertiary/aromatic N) is 4. The molecule has 4 aromatic rings. The molecule has 0 radical (unpaired) electrons. The van der Waals surface area contributed by atoms with Crippen molar-refractivity contribution in [2.75, 3.05) is 5.32 Å². The van der Waals surface area contributed by atoms with Gasteiger partial charge >= 0.3 is 0 Å². The molecule has 6 nitrogen and oxygen atoms in total. The zero-order valence-corrected chi connectivity index (χ0v) is 18.6. The molecule has 160 valence electrons. The van der Waals surface area contributed by atoms with E-state index < -0.39 is 0 Å². The maximum Gasteiger partial charge on any atom is 0.224 e. The zero-order chi connectivity index (χ0) is 22.0. The highest BCUT2D eigenvalue weighted by atomic mass is 16.1. The van der Waals surface area contributed by atoms with Crippen LogP contribution in [0, 0.1) is 13.8 Å². The van der Waals surface area contributed by atoms with E-state index in [9.17, 15) is 4.79 Å². The summed E-state index contributed by atoms with van der Waals surface area (Å²) in [7, 11) is 0. The number of aryl methyl sites for hydroxylation is 3. The second-order valence-corrected chi connectivity index (χ2v) is 8.34. The van der Waals surface area contributed by atoms with E-state index in [1.165, 1.54) is 5.56 Å². The molecule has 31 heavy (non-hydrogen) atoms. The van der Waals surface area contributed by atoms with E-state index in [0.717, 1.165) is 33.8 Å². The smallest absolute Gasteiger partial charge is 0.224 e. The first-order valence-corrected chi connectivity index (χ1v) is 10.8. The number of aromatic nitrogens is 4. The Hall–Kier alpha value is -3.41. The third kappa shape index (κ3) is 4.53. The van der Waals surface area contributed by atoms with Crippen LogP contribution < -0.4 is 5.32 Å². The fraction of sp³-hybridized carbons (Fsp3) is 0.320. The Labute approximate surface area is 182 Å². The zero-order valence-electron chi connectivity index (χ0n) is 18.6. The number of fused-ring (bicyclic) bond motifs is 1. The number of pyridine rings is 1. The summed E-state index contributed by atoms with van der Waals surface area (Å²) in [6.07, 6.45) is 5.09. The number of rotatable bonds is 7. The Morgan fingerprint density at radius 3 is 2.48 bits per heavy atom. The second-order valence-electron chi connectivity index (χ2n) is 8.34. The van der Waals surface area contributed by atoms with Gasteiger partial charge in [-0.2, -0.15) is 5.10 Å². The number of nitrogens with one attached hydrogen (secondary N) is 1. The van der Waals surface area contributed by atoms with Crippen molar-refractivity contribution in [2.24, 2.45) is 0 Å². The topological polar surface area (TPSA) is 64.7 Å². The normalized spacial score (nSPS) is 11.4. The summed E-state index contributed by atoms with van der Waals surface area (Å²) in [4.78, 5) is 17.2. The van der Waals surface area contributed by atoms with Gasteiger partial charge in [0.25, 0.3) is 0 Å². The van der Waals surface area contributed by atoms with Crippen LogP contribution in [0.5, 0.6) is 0 Å². The molecule has 0 bridgehead atoms. The number of carbonyl (C=O) groups is 1. The lowest BCUT2D eigenvalue weighted by molar-refractivity contribution is -0.116. The quantitative estimate of drug-likeness (QED) is 0.441. The van der Waals surface area contributed by atoms with E-state index in [2.05, 4.69) is 44.3 Å². The molecule has 3 heterocycles. The standard InChI is InChI=1S/C25H29N5O/c1-17(2)20-9-11-21(12-10-20)27-22(31)8-7-15-30-24-23(18(3)16-19(4)26-24)25(28-30)29-13-5-6-14-29/h5-6,9-14,16-17H,7-8,15H2,1-4H3,(H,27,31). The van der Waals surface area contributed by atoms with Gasteiger partial charge in [-0.1, -0.05) is 26.0 Å². The first-order valence-electron chi connectivity index (χ1n) is 10.8. The minimum Gasteiger partial charge on any atom is -0.326 e. The molecular weight excluding hydrogens is 386 g/mol. The van der Waals surface area contributed by atoms with Crippen LogP contribution in [0.4, 0.5) is 5.69 Å². The summed E-state index contributed by atoms with van der Waals surface area (Å²) >= 11 is 0. The first-order chi connectivity index (χ1) is 14.9. The summed E-state index contributed by atoms with van der Waals surface area (Å²) in [6.45, 7) is 9.04. The molecule has 1 amide bonds. The molecule has 0 saturated heterocycles. The third-order valence-corrected chi connectivity index (χ3v) is 5.49. The summed E-state index contributed by atoms with van der Waals surface area (Å²) < 4.78 is 3.94. The lowest BCUT2D eigenvalue weighted by Gasteiger charge is -2.09. The van der Waals surface area contributed by atoms with Gasteiger partial charge in [-0.25, -0.2) is 9.67 Å². The van der Waals surface area contributed by atoms with Gasteiger partial charge in [-0.15, -0.1) is 0 Å². The number of hydrogen-bond donors (Lipinski definition) is 1. The fourth-order valence-electron chi connectivity index (χ4n) is 3.87. The Bertz CT molecular complexity index is 1190. The lowest BCUT2D eigenvalue weighted by Crippen LogP contribution is -2.13. The van der Waals surface area contributed by atoms with Gasteiger partial charge in [-0.05, 0) is 67.6 Å². The predicted octanol–water partition coefficient (Wildman–Crippen LogP) is 5.38. The molecule has 3 aromatic heterocycles. The van der Waals surface area contributed by atoms with Gasteiger partial charge in [-0.3, -0.25) is 4.79 Å². The monoisotopic (exact) mass is 415 g/mol. The minimum atomic E-state index is 0.0136. The first kappa shape index (κ1) is 20.8. The van der Waals surface area contributed by atoms with Gasteiger partial charge in [0, 0.05) is 36.7 Å². The molecule has 0 aliphatic rings. The van der Waals surface area contributed by atoms with Gasteiger partial charge < -0.3 is 9.88 Å². The average Bonchev–Trinajstić information content (AvgIpc) is 3.37. The molecule has 0 aliphatic carbocycles. The van der Waals surface area contributed by atoms with Gasteiger partial charge in [0.1, 0.15) is 0 Å². The van der Waals surface area contributed by atoms with Crippen LogP contribution in [0.15, 0.2) is 54.9 Å². The maximum atomic E-state index is 12.4. The number of carbonyl (C=O) groups excluding carboxylic acids is 1. The SMILES string of the molecule is Cc1cc(C)c2c(-n3cccc3)nn(CCCC(=O)Nc3ccc(C(C)C)cc3)c2n1. The van der Waals surface area contributed by atoms with Crippen molar-refractivity contribution < 1.29 is 4.79 Å². The summed E-state index contributed by atoms with van der Waals surface area (Å²) in [6, 6.07) is 14.1. The number of benzene rings is 1. The molecule has 0 aliphatic heterocycles. The molecule has 1 N–H and O–H groups in total. The molecule has 0 unspecified atom stereocenters. The average molecular weight is 416 g/mol. The molecule has 1 aromatic carbocycles. The Morgan fingerprint density at radius 1 is 1.10 bits per heavy atom. The maximum absolute atomic E-state index is 12.4. The van der Waals surface area contributed by atoms with E-state index in [-0.39, 0.29) is 5.91 Å². The summed E-state index contributed by atoms with van der Waals surface area (Å²) in [5.41, 5.74) is 5.08. The van der Waals surface area contributed by atoms with Crippen molar-refractivity contribution in [1.82, 2.24) is 19.3 Å². The van der Waals surface area contributed by atoms with Crippen LogP contribution in [-0.2, 0) is 11.3 Å².